The van der Waals surface area contributed by atoms with Gasteiger partial charge in [0, 0.05) is 18.2 Å². The number of hydrogen-bond acceptors (Lipinski definition) is 6. The topological polar surface area (TPSA) is 86.2 Å². The predicted molar refractivity (Wildman–Crippen MR) is 99.4 cm³/mol. The van der Waals surface area contributed by atoms with E-state index in [2.05, 4.69) is 5.32 Å². The summed E-state index contributed by atoms with van der Waals surface area (Å²) in [5.41, 5.74) is 1.34. The first-order valence-corrected chi connectivity index (χ1v) is 9.21. The maximum Gasteiger partial charge on any atom is 0.251 e. The van der Waals surface area contributed by atoms with E-state index < -0.39 is 36.9 Å². The molecule has 1 amide bonds. The molecule has 2 aliphatic heterocycles. The number of ether oxygens (including phenoxy) is 4. The van der Waals surface area contributed by atoms with Crippen molar-refractivity contribution in [2.45, 2.75) is 36.9 Å². The maximum atomic E-state index is 12.6. The standard InChI is InChI=1S/C21H23NO6/c1-25-21-16(22-19(24)13-8-4-2-5-9-13)17(23)18-15(27-21)12-26-20(28-18)14-10-6-3-7-11-14/h2-11,15-18,20-21,23H,12H2,1H3,(H,22,24)/t15-,16+,17-,18+,20+,21-/m1/s1. The summed E-state index contributed by atoms with van der Waals surface area (Å²) in [6.45, 7) is 0.250. The number of benzene rings is 2. The molecule has 0 aliphatic carbocycles. The highest BCUT2D eigenvalue weighted by Gasteiger charge is 2.50. The first-order chi connectivity index (χ1) is 13.7. The largest absolute Gasteiger partial charge is 0.388 e. The molecule has 2 aromatic rings. The SMILES string of the molecule is CO[C@@H]1O[C@@H]2CO[C@H](c3ccccc3)O[C@@H]2[C@H](O)[C@@H]1NC(=O)c1ccccc1. The zero-order valence-electron chi connectivity index (χ0n) is 15.4. The molecular weight excluding hydrogens is 362 g/mol. The molecule has 0 bridgehead atoms. The number of methoxy groups -OCH3 is 1. The molecule has 7 nitrogen and oxygen atoms in total. The van der Waals surface area contributed by atoms with Crippen molar-refractivity contribution in [3.63, 3.8) is 0 Å². The van der Waals surface area contributed by atoms with E-state index in [-0.39, 0.29) is 12.5 Å². The fourth-order valence-electron chi connectivity index (χ4n) is 3.55. The fourth-order valence-corrected chi connectivity index (χ4v) is 3.55. The van der Waals surface area contributed by atoms with Crippen LogP contribution in [0, 0.1) is 0 Å². The quantitative estimate of drug-likeness (QED) is 0.832. The molecule has 2 fully saturated rings. The zero-order chi connectivity index (χ0) is 19.5. The van der Waals surface area contributed by atoms with Crippen LogP contribution >= 0.6 is 0 Å². The summed E-state index contributed by atoms with van der Waals surface area (Å²) in [5, 5.41) is 13.8. The molecule has 2 aromatic carbocycles. The third-order valence-corrected chi connectivity index (χ3v) is 5.00. The van der Waals surface area contributed by atoms with E-state index >= 15 is 0 Å². The van der Waals surface area contributed by atoms with Crippen LogP contribution in [-0.4, -0.2) is 55.4 Å². The molecule has 0 radical (unpaired) electrons. The van der Waals surface area contributed by atoms with Crippen molar-refractivity contribution in [2.24, 2.45) is 0 Å². The van der Waals surface area contributed by atoms with Crippen molar-refractivity contribution in [3.05, 3.63) is 71.8 Å². The molecule has 28 heavy (non-hydrogen) atoms. The monoisotopic (exact) mass is 385 g/mol. The Labute approximate surface area is 163 Å². The van der Waals surface area contributed by atoms with E-state index in [1.807, 2.05) is 36.4 Å². The molecule has 2 heterocycles. The van der Waals surface area contributed by atoms with Gasteiger partial charge in [-0.15, -0.1) is 0 Å². The first kappa shape index (κ1) is 19.0. The minimum absolute atomic E-state index is 0.250. The van der Waals surface area contributed by atoms with E-state index in [0.29, 0.717) is 5.56 Å². The number of carbonyl (C=O) groups excluding carboxylic acids is 1. The van der Waals surface area contributed by atoms with Gasteiger partial charge in [-0.1, -0.05) is 48.5 Å². The van der Waals surface area contributed by atoms with Crippen LogP contribution in [0.4, 0.5) is 0 Å². The second-order valence-electron chi connectivity index (χ2n) is 6.81. The molecule has 0 saturated carbocycles. The van der Waals surface area contributed by atoms with Gasteiger partial charge in [-0.2, -0.15) is 0 Å². The van der Waals surface area contributed by atoms with E-state index in [4.69, 9.17) is 18.9 Å². The third kappa shape index (κ3) is 3.80. The molecule has 2 N–H and O–H groups in total. The average molecular weight is 385 g/mol. The van der Waals surface area contributed by atoms with Crippen molar-refractivity contribution in [1.29, 1.82) is 0 Å². The summed E-state index contributed by atoms with van der Waals surface area (Å²) in [6.07, 6.45) is -3.60. The van der Waals surface area contributed by atoms with Gasteiger partial charge in [-0.05, 0) is 12.1 Å². The molecular formula is C21H23NO6. The van der Waals surface area contributed by atoms with Crippen LogP contribution in [0.25, 0.3) is 0 Å². The Bertz CT molecular complexity index is 786. The van der Waals surface area contributed by atoms with Gasteiger partial charge in [0.25, 0.3) is 5.91 Å². The lowest BCUT2D eigenvalue weighted by atomic mass is 9.95. The smallest absolute Gasteiger partial charge is 0.251 e. The number of nitrogens with one attached hydrogen (secondary N) is 1. The Hall–Kier alpha value is -2.29. The van der Waals surface area contributed by atoms with Crippen LogP contribution in [0.2, 0.25) is 0 Å². The number of rotatable bonds is 4. The fraction of sp³-hybridized carbons (Fsp3) is 0.381. The normalized spacial score (nSPS) is 32.4. The van der Waals surface area contributed by atoms with E-state index in [1.54, 1.807) is 24.3 Å². The van der Waals surface area contributed by atoms with Crippen molar-refractivity contribution in [1.82, 2.24) is 5.32 Å². The number of carbonyl (C=O) groups is 1. The van der Waals surface area contributed by atoms with Gasteiger partial charge >= 0.3 is 0 Å². The molecule has 0 unspecified atom stereocenters. The molecule has 2 aliphatic rings. The molecule has 6 atom stereocenters. The van der Waals surface area contributed by atoms with Gasteiger partial charge in [0.15, 0.2) is 12.6 Å². The maximum absolute atomic E-state index is 12.6. The van der Waals surface area contributed by atoms with Gasteiger partial charge in [-0.25, -0.2) is 0 Å². The summed E-state index contributed by atoms with van der Waals surface area (Å²) in [5.74, 6) is -0.319. The van der Waals surface area contributed by atoms with Crippen molar-refractivity contribution >= 4 is 5.91 Å². The Balaban J connectivity index is 1.50. The van der Waals surface area contributed by atoms with Crippen LogP contribution < -0.4 is 5.32 Å². The van der Waals surface area contributed by atoms with Gasteiger partial charge < -0.3 is 29.4 Å². The number of hydrogen-bond donors (Lipinski definition) is 2. The van der Waals surface area contributed by atoms with E-state index in [1.165, 1.54) is 7.11 Å². The van der Waals surface area contributed by atoms with Gasteiger partial charge in [-0.3, -0.25) is 4.79 Å². The Morgan fingerprint density at radius 2 is 1.75 bits per heavy atom. The zero-order valence-corrected chi connectivity index (χ0v) is 15.4. The summed E-state index contributed by atoms with van der Waals surface area (Å²) < 4.78 is 23.0. The molecule has 0 spiro atoms. The lowest BCUT2D eigenvalue weighted by Crippen LogP contribution is -2.66. The van der Waals surface area contributed by atoms with Crippen LogP contribution in [0.1, 0.15) is 22.2 Å². The first-order valence-electron chi connectivity index (χ1n) is 9.21. The van der Waals surface area contributed by atoms with E-state index in [0.717, 1.165) is 5.56 Å². The highest BCUT2D eigenvalue weighted by Crippen LogP contribution is 2.34. The Morgan fingerprint density at radius 3 is 2.43 bits per heavy atom. The number of aliphatic hydroxyl groups is 1. The summed E-state index contributed by atoms with van der Waals surface area (Å²) in [7, 11) is 1.47. The van der Waals surface area contributed by atoms with Crippen LogP contribution in [-0.2, 0) is 18.9 Å². The molecule has 2 saturated heterocycles. The number of fused-ring (bicyclic) bond motifs is 1. The van der Waals surface area contributed by atoms with Crippen molar-refractivity contribution in [3.8, 4) is 0 Å². The average Bonchev–Trinajstić information content (AvgIpc) is 2.76. The number of aliphatic hydroxyl groups excluding tert-OH is 1. The highest BCUT2D eigenvalue weighted by molar-refractivity contribution is 5.94. The van der Waals surface area contributed by atoms with Gasteiger partial charge in [0.2, 0.25) is 0 Å². The van der Waals surface area contributed by atoms with Crippen molar-refractivity contribution < 1.29 is 28.8 Å². The number of amides is 1. The van der Waals surface area contributed by atoms with Crippen LogP contribution in [0.5, 0.6) is 0 Å². The third-order valence-electron chi connectivity index (χ3n) is 5.00. The molecule has 0 aromatic heterocycles. The van der Waals surface area contributed by atoms with Crippen LogP contribution in [0.3, 0.4) is 0 Å². The lowest BCUT2D eigenvalue weighted by molar-refractivity contribution is -0.340. The van der Waals surface area contributed by atoms with Crippen LogP contribution in [0.15, 0.2) is 60.7 Å². The second-order valence-corrected chi connectivity index (χ2v) is 6.81. The predicted octanol–water partition coefficient (Wildman–Crippen LogP) is 1.63. The second kappa shape index (κ2) is 8.38. The lowest BCUT2D eigenvalue weighted by Gasteiger charge is -2.47. The Morgan fingerprint density at radius 1 is 1.07 bits per heavy atom. The highest BCUT2D eigenvalue weighted by atomic mass is 16.7. The van der Waals surface area contributed by atoms with E-state index in [9.17, 15) is 9.90 Å². The van der Waals surface area contributed by atoms with Crippen molar-refractivity contribution in [2.75, 3.05) is 13.7 Å². The summed E-state index contributed by atoms with van der Waals surface area (Å²) in [6, 6.07) is 17.5. The van der Waals surface area contributed by atoms with Gasteiger partial charge in [0.1, 0.15) is 24.4 Å². The van der Waals surface area contributed by atoms with Gasteiger partial charge in [0.05, 0.1) is 6.61 Å². The Kier molecular flexibility index (Phi) is 5.70. The molecule has 148 valence electrons. The molecule has 4 rings (SSSR count). The minimum atomic E-state index is -1.02. The summed E-state index contributed by atoms with van der Waals surface area (Å²) in [4.78, 5) is 12.6. The minimum Gasteiger partial charge on any atom is -0.388 e. The summed E-state index contributed by atoms with van der Waals surface area (Å²) >= 11 is 0. The molecule has 7 heteroatoms.